The Labute approximate surface area is 98.5 Å². The van der Waals surface area contributed by atoms with Gasteiger partial charge in [0.1, 0.15) is 0 Å². The maximum Gasteiger partial charge on any atom is 0.0668 e. The molecule has 0 atom stereocenters. The SMILES string of the molecule is CCCNCC(C)=Cc1c(C)nn(C)c1C. The van der Waals surface area contributed by atoms with Crippen LogP contribution in [-0.2, 0) is 7.05 Å². The summed E-state index contributed by atoms with van der Waals surface area (Å²) in [6.07, 6.45) is 3.42. The van der Waals surface area contributed by atoms with E-state index in [1.54, 1.807) is 0 Å². The molecule has 1 aromatic heterocycles. The molecule has 0 aliphatic rings. The van der Waals surface area contributed by atoms with Crippen LogP contribution in [0.1, 0.15) is 37.2 Å². The Morgan fingerprint density at radius 1 is 1.44 bits per heavy atom. The van der Waals surface area contributed by atoms with Crippen LogP contribution in [0.15, 0.2) is 5.57 Å². The molecule has 3 nitrogen and oxygen atoms in total. The van der Waals surface area contributed by atoms with Gasteiger partial charge in [-0.05, 0) is 33.7 Å². The summed E-state index contributed by atoms with van der Waals surface area (Å²) >= 11 is 0. The summed E-state index contributed by atoms with van der Waals surface area (Å²) in [5.41, 5.74) is 4.95. The van der Waals surface area contributed by atoms with E-state index >= 15 is 0 Å². The van der Waals surface area contributed by atoms with Gasteiger partial charge in [0.25, 0.3) is 0 Å². The van der Waals surface area contributed by atoms with E-state index in [-0.39, 0.29) is 0 Å². The molecule has 16 heavy (non-hydrogen) atoms. The second-order valence-corrected chi connectivity index (χ2v) is 4.38. The second-order valence-electron chi connectivity index (χ2n) is 4.38. The third-order valence-electron chi connectivity index (χ3n) is 2.79. The lowest BCUT2D eigenvalue weighted by molar-refractivity contribution is 0.715. The van der Waals surface area contributed by atoms with Crippen molar-refractivity contribution in [3.63, 3.8) is 0 Å². The first-order valence-electron chi connectivity index (χ1n) is 5.94. The molecule has 1 rings (SSSR count). The Morgan fingerprint density at radius 3 is 2.62 bits per heavy atom. The number of aromatic nitrogens is 2. The Morgan fingerprint density at radius 2 is 2.12 bits per heavy atom. The highest BCUT2D eigenvalue weighted by atomic mass is 15.3. The molecule has 0 aliphatic heterocycles. The van der Waals surface area contributed by atoms with Crippen LogP contribution in [0.3, 0.4) is 0 Å². The van der Waals surface area contributed by atoms with Crippen molar-refractivity contribution in [1.82, 2.24) is 15.1 Å². The molecule has 1 heterocycles. The summed E-state index contributed by atoms with van der Waals surface area (Å²) in [4.78, 5) is 0. The molecule has 0 aromatic carbocycles. The lowest BCUT2D eigenvalue weighted by Crippen LogP contribution is -2.16. The van der Waals surface area contributed by atoms with Gasteiger partial charge in [-0.25, -0.2) is 0 Å². The van der Waals surface area contributed by atoms with Gasteiger partial charge in [-0.3, -0.25) is 4.68 Å². The summed E-state index contributed by atoms with van der Waals surface area (Å²) in [5.74, 6) is 0. The highest BCUT2D eigenvalue weighted by molar-refractivity contribution is 5.57. The Bertz CT molecular complexity index is 375. The highest BCUT2D eigenvalue weighted by Gasteiger charge is 2.06. The van der Waals surface area contributed by atoms with Crippen LogP contribution in [0.2, 0.25) is 0 Å². The molecular weight excluding hydrogens is 198 g/mol. The minimum absolute atomic E-state index is 0.960. The number of rotatable bonds is 5. The van der Waals surface area contributed by atoms with Gasteiger partial charge in [0, 0.05) is 24.8 Å². The fourth-order valence-corrected chi connectivity index (χ4v) is 1.76. The van der Waals surface area contributed by atoms with Gasteiger partial charge >= 0.3 is 0 Å². The van der Waals surface area contributed by atoms with Crippen LogP contribution < -0.4 is 5.32 Å². The van der Waals surface area contributed by atoms with E-state index in [1.807, 2.05) is 11.7 Å². The lowest BCUT2D eigenvalue weighted by Gasteiger charge is -2.03. The molecule has 0 bridgehead atoms. The monoisotopic (exact) mass is 221 g/mol. The number of hydrogen-bond acceptors (Lipinski definition) is 2. The molecule has 0 saturated heterocycles. The van der Waals surface area contributed by atoms with Gasteiger partial charge in [-0.2, -0.15) is 5.10 Å². The predicted octanol–water partition coefficient (Wildman–Crippen LogP) is 2.44. The molecule has 0 saturated carbocycles. The van der Waals surface area contributed by atoms with E-state index in [9.17, 15) is 0 Å². The Balaban J connectivity index is 2.73. The quantitative estimate of drug-likeness (QED) is 0.774. The average Bonchev–Trinajstić information content (AvgIpc) is 2.46. The first-order valence-corrected chi connectivity index (χ1v) is 5.94. The van der Waals surface area contributed by atoms with Crippen molar-refractivity contribution >= 4 is 6.08 Å². The largest absolute Gasteiger partial charge is 0.313 e. The van der Waals surface area contributed by atoms with Crippen LogP contribution in [0.25, 0.3) is 6.08 Å². The molecule has 0 fully saturated rings. The summed E-state index contributed by atoms with van der Waals surface area (Å²) in [5, 5.41) is 7.82. The summed E-state index contributed by atoms with van der Waals surface area (Å²) < 4.78 is 1.94. The molecule has 0 spiro atoms. The van der Waals surface area contributed by atoms with Gasteiger partial charge in [0.2, 0.25) is 0 Å². The van der Waals surface area contributed by atoms with E-state index in [4.69, 9.17) is 0 Å². The van der Waals surface area contributed by atoms with E-state index in [0.29, 0.717) is 0 Å². The fourth-order valence-electron chi connectivity index (χ4n) is 1.76. The normalized spacial score (nSPS) is 12.2. The van der Waals surface area contributed by atoms with Gasteiger partial charge in [0.05, 0.1) is 5.69 Å². The molecule has 0 radical (unpaired) electrons. The van der Waals surface area contributed by atoms with Crippen LogP contribution in [-0.4, -0.2) is 22.9 Å². The minimum atomic E-state index is 0.960. The van der Waals surface area contributed by atoms with E-state index in [1.165, 1.54) is 23.3 Å². The molecule has 0 amide bonds. The molecular formula is C13H23N3. The zero-order valence-corrected chi connectivity index (χ0v) is 11.1. The standard InChI is InChI=1S/C13H23N3/c1-6-7-14-9-10(2)8-13-11(3)15-16(5)12(13)4/h8,14H,6-7,9H2,1-5H3. The number of hydrogen-bond donors (Lipinski definition) is 1. The number of aryl methyl sites for hydroxylation is 2. The summed E-state index contributed by atoms with van der Waals surface area (Å²) in [7, 11) is 1.99. The summed E-state index contributed by atoms with van der Waals surface area (Å²) in [6, 6.07) is 0. The predicted molar refractivity (Wildman–Crippen MR) is 69.5 cm³/mol. The van der Waals surface area contributed by atoms with Crippen molar-refractivity contribution in [2.45, 2.75) is 34.1 Å². The van der Waals surface area contributed by atoms with Gasteiger partial charge in [-0.1, -0.05) is 18.6 Å². The van der Waals surface area contributed by atoms with Crippen LogP contribution in [0.4, 0.5) is 0 Å². The van der Waals surface area contributed by atoms with Crippen LogP contribution in [0, 0.1) is 13.8 Å². The lowest BCUT2D eigenvalue weighted by atomic mass is 10.1. The topological polar surface area (TPSA) is 29.9 Å². The molecule has 0 aliphatic carbocycles. The number of nitrogens with zero attached hydrogens (tertiary/aromatic N) is 2. The van der Waals surface area contributed by atoms with Crippen molar-refractivity contribution in [2.75, 3.05) is 13.1 Å². The van der Waals surface area contributed by atoms with E-state index in [0.717, 1.165) is 18.8 Å². The maximum absolute atomic E-state index is 4.41. The molecule has 0 unspecified atom stereocenters. The molecule has 3 heteroatoms. The van der Waals surface area contributed by atoms with Crippen molar-refractivity contribution in [1.29, 1.82) is 0 Å². The summed E-state index contributed by atoms with van der Waals surface area (Å²) in [6.45, 7) is 10.6. The Kier molecular flexibility index (Phi) is 4.74. The zero-order chi connectivity index (χ0) is 12.1. The third-order valence-corrected chi connectivity index (χ3v) is 2.79. The maximum atomic E-state index is 4.41. The van der Waals surface area contributed by atoms with Gasteiger partial charge in [0.15, 0.2) is 0 Å². The zero-order valence-electron chi connectivity index (χ0n) is 11.1. The average molecular weight is 221 g/mol. The Hall–Kier alpha value is -1.09. The second kappa shape index (κ2) is 5.85. The third kappa shape index (κ3) is 3.20. The first-order chi connectivity index (χ1) is 7.56. The van der Waals surface area contributed by atoms with Crippen molar-refractivity contribution in [3.05, 3.63) is 22.5 Å². The van der Waals surface area contributed by atoms with Crippen molar-refractivity contribution in [3.8, 4) is 0 Å². The highest BCUT2D eigenvalue weighted by Crippen LogP contribution is 2.15. The van der Waals surface area contributed by atoms with Crippen LogP contribution in [0.5, 0.6) is 0 Å². The first kappa shape index (κ1) is 13.0. The smallest absolute Gasteiger partial charge is 0.0668 e. The van der Waals surface area contributed by atoms with Gasteiger partial charge < -0.3 is 5.32 Å². The van der Waals surface area contributed by atoms with E-state index in [2.05, 4.69) is 44.2 Å². The molecule has 90 valence electrons. The number of nitrogens with one attached hydrogen (secondary N) is 1. The molecule has 1 aromatic rings. The fraction of sp³-hybridized carbons (Fsp3) is 0.615. The van der Waals surface area contributed by atoms with Crippen LogP contribution >= 0.6 is 0 Å². The van der Waals surface area contributed by atoms with Gasteiger partial charge in [-0.15, -0.1) is 0 Å². The van der Waals surface area contributed by atoms with Crippen molar-refractivity contribution in [2.24, 2.45) is 7.05 Å². The molecule has 1 N–H and O–H groups in total. The van der Waals surface area contributed by atoms with Crippen molar-refractivity contribution < 1.29 is 0 Å². The van der Waals surface area contributed by atoms with E-state index < -0.39 is 0 Å². The minimum Gasteiger partial charge on any atom is -0.313 e.